The van der Waals surface area contributed by atoms with E-state index in [1.807, 2.05) is 59.2 Å². The van der Waals surface area contributed by atoms with Crippen molar-refractivity contribution in [2.45, 2.75) is 38.3 Å². The van der Waals surface area contributed by atoms with Crippen molar-refractivity contribution in [2.75, 3.05) is 19.7 Å². The van der Waals surface area contributed by atoms with E-state index in [9.17, 15) is 4.79 Å². The number of fused-ring (bicyclic) bond motifs is 2. The van der Waals surface area contributed by atoms with Crippen LogP contribution in [0.4, 0.5) is 0 Å². The molecule has 0 bridgehead atoms. The van der Waals surface area contributed by atoms with Gasteiger partial charge in [-0.2, -0.15) is 5.10 Å². The molecule has 2 aliphatic heterocycles. The molecule has 30 heavy (non-hydrogen) atoms. The molecule has 2 aliphatic rings. The Morgan fingerprint density at radius 3 is 2.90 bits per heavy atom. The molecule has 1 aromatic carbocycles. The molecule has 1 amide bonds. The molecule has 0 N–H and O–H groups in total. The predicted molar refractivity (Wildman–Crippen MR) is 111 cm³/mol. The molecule has 2 aromatic heterocycles. The van der Waals surface area contributed by atoms with Crippen molar-refractivity contribution in [3.8, 4) is 0 Å². The minimum atomic E-state index is -0.389. The van der Waals surface area contributed by atoms with Gasteiger partial charge in [0.05, 0.1) is 18.8 Å². The second-order valence-electron chi connectivity index (χ2n) is 8.08. The maximum Gasteiger partial charge on any atom is 0.253 e. The van der Waals surface area contributed by atoms with Crippen LogP contribution < -0.4 is 0 Å². The summed E-state index contributed by atoms with van der Waals surface area (Å²) in [6.45, 7) is 4.57. The Balaban J connectivity index is 1.31. The molecule has 0 saturated carbocycles. The zero-order valence-electron chi connectivity index (χ0n) is 17.1. The number of aromatic nitrogens is 4. The number of benzene rings is 1. The highest BCUT2D eigenvalue weighted by atomic mass is 16.5. The number of nitrogens with zero attached hydrogens (tertiary/aromatic N) is 5. The number of hydrogen-bond donors (Lipinski definition) is 0. The lowest BCUT2D eigenvalue weighted by atomic mass is 9.83. The maximum atomic E-state index is 13.2. The second-order valence-corrected chi connectivity index (χ2v) is 8.08. The third-order valence-electron chi connectivity index (χ3n) is 6.10. The van der Waals surface area contributed by atoms with E-state index >= 15 is 0 Å². The Morgan fingerprint density at radius 2 is 2.10 bits per heavy atom. The molecule has 1 saturated heterocycles. The van der Waals surface area contributed by atoms with Gasteiger partial charge >= 0.3 is 0 Å². The number of carbonyl (C=O) groups excluding carboxylic acids is 1. The largest absolute Gasteiger partial charge is 0.368 e. The third-order valence-corrected chi connectivity index (χ3v) is 6.10. The smallest absolute Gasteiger partial charge is 0.253 e. The highest BCUT2D eigenvalue weighted by Gasteiger charge is 2.43. The zero-order chi connectivity index (χ0) is 20.6. The zero-order valence-corrected chi connectivity index (χ0v) is 17.1. The van der Waals surface area contributed by atoms with Crippen molar-refractivity contribution in [3.05, 3.63) is 77.1 Å². The third kappa shape index (κ3) is 3.50. The Bertz CT molecular complexity index is 1060. The summed E-state index contributed by atoms with van der Waals surface area (Å²) in [5.41, 5.74) is 3.60. The van der Waals surface area contributed by atoms with Crippen molar-refractivity contribution in [1.29, 1.82) is 0 Å². The monoisotopic (exact) mass is 403 g/mol. The first-order valence-corrected chi connectivity index (χ1v) is 10.5. The van der Waals surface area contributed by atoms with Gasteiger partial charge in [0, 0.05) is 37.2 Å². The maximum absolute atomic E-state index is 13.2. The van der Waals surface area contributed by atoms with Gasteiger partial charge in [-0.15, -0.1) is 0 Å². The van der Waals surface area contributed by atoms with Crippen LogP contribution in [0.25, 0.3) is 0 Å². The molecule has 0 aliphatic carbocycles. The number of aryl methyl sites for hydroxylation is 1. The van der Waals surface area contributed by atoms with Crippen LogP contribution in [0.5, 0.6) is 0 Å². The first-order chi connectivity index (χ1) is 14.6. The van der Waals surface area contributed by atoms with Crippen molar-refractivity contribution in [3.63, 3.8) is 0 Å². The fourth-order valence-electron chi connectivity index (χ4n) is 4.52. The van der Waals surface area contributed by atoms with Gasteiger partial charge in [-0.05, 0) is 55.5 Å². The Kier molecular flexibility index (Phi) is 4.83. The quantitative estimate of drug-likeness (QED) is 0.672. The number of hydrogen-bond acceptors (Lipinski definition) is 5. The minimum absolute atomic E-state index is 0.0714. The molecule has 1 spiro atoms. The van der Waals surface area contributed by atoms with Gasteiger partial charge in [0.15, 0.2) is 0 Å². The lowest BCUT2D eigenvalue weighted by Crippen LogP contribution is -2.49. The normalized spacial score (nSPS) is 17.7. The van der Waals surface area contributed by atoms with Gasteiger partial charge in [-0.25, -0.2) is 9.97 Å². The Morgan fingerprint density at radius 1 is 1.23 bits per heavy atom. The summed E-state index contributed by atoms with van der Waals surface area (Å²) in [7, 11) is 0. The highest BCUT2D eigenvalue weighted by molar-refractivity contribution is 5.94. The standard InChI is InChI=1S/C23H25N5O2/c1-17-24-15-20-6-13-30-23(21(20)26-17)7-11-27(12-8-23)22(29)19-5-2-4-18(14-19)16-28-10-3-9-25-28/h2-5,9-10,14-15H,6-8,11-13,16H2,1H3. The Hall–Kier alpha value is -3.06. The molecule has 1 fully saturated rings. The summed E-state index contributed by atoms with van der Waals surface area (Å²) in [6.07, 6.45) is 7.99. The van der Waals surface area contributed by atoms with E-state index in [0.29, 0.717) is 26.2 Å². The fraction of sp³-hybridized carbons (Fsp3) is 0.391. The van der Waals surface area contributed by atoms with Crippen LogP contribution in [0.2, 0.25) is 0 Å². The van der Waals surface area contributed by atoms with E-state index in [2.05, 4.69) is 10.1 Å². The van der Waals surface area contributed by atoms with Gasteiger partial charge in [0.1, 0.15) is 11.4 Å². The van der Waals surface area contributed by atoms with Gasteiger partial charge in [-0.1, -0.05) is 12.1 Å². The van der Waals surface area contributed by atoms with Gasteiger partial charge < -0.3 is 9.64 Å². The van der Waals surface area contributed by atoms with E-state index < -0.39 is 0 Å². The average molecular weight is 403 g/mol. The van der Waals surface area contributed by atoms with E-state index in [1.54, 1.807) is 6.20 Å². The van der Waals surface area contributed by atoms with Crippen LogP contribution in [0.3, 0.4) is 0 Å². The molecule has 0 unspecified atom stereocenters. The molecule has 7 nitrogen and oxygen atoms in total. The molecule has 7 heteroatoms. The van der Waals surface area contributed by atoms with E-state index in [1.165, 1.54) is 5.56 Å². The van der Waals surface area contributed by atoms with Crippen LogP contribution in [0.1, 0.15) is 45.8 Å². The average Bonchev–Trinajstić information content (AvgIpc) is 3.28. The van der Waals surface area contributed by atoms with Crippen molar-refractivity contribution < 1.29 is 9.53 Å². The Labute approximate surface area is 175 Å². The van der Waals surface area contributed by atoms with Crippen molar-refractivity contribution in [2.24, 2.45) is 0 Å². The lowest BCUT2D eigenvalue weighted by molar-refractivity contribution is -0.0968. The van der Waals surface area contributed by atoms with E-state index in [-0.39, 0.29) is 11.5 Å². The predicted octanol–water partition coefficient (Wildman–Crippen LogP) is 2.73. The highest BCUT2D eigenvalue weighted by Crippen LogP contribution is 2.40. The lowest BCUT2D eigenvalue weighted by Gasteiger charge is -2.44. The van der Waals surface area contributed by atoms with Gasteiger partial charge in [0.2, 0.25) is 0 Å². The first-order valence-electron chi connectivity index (χ1n) is 10.5. The molecule has 0 atom stereocenters. The molecular weight excluding hydrogens is 378 g/mol. The summed E-state index contributed by atoms with van der Waals surface area (Å²) in [5.74, 6) is 0.841. The number of likely N-dealkylation sites (tertiary alicyclic amines) is 1. The molecule has 3 aromatic rings. The summed E-state index contributed by atoms with van der Waals surface area (Å²) < 4.78 is 8.12. The van der Waals surface area contributed by atoms with Crippen molar-refractivity contribution in [1.82, 2.24) is 24.6 Å². The fourth-order valence-corrected chi connectivity index (χ4v) is 4.52. The summed E-state index contributed by atoms with van der Waals surface area (Å²) in [6, 6.07) is 9.73. The molecular formula is C23H25N5O2. The van der Waals surface area contributed by atoms with Crippen LogP contribution in [-0.2, 0) is 23.3 Å². The van der Waals surface area contributed by atoms with E-state index in [0.717, 1.165) is 41.9 Å². The van der Waals surface area contributed by atoms with Crippen molar-refractivity contribution >= 4 is 5.91 Å². The number of rotatable bonds is 3. The molecule has 5 rings (SSSR count). The van der Waals surface area contributed by atoms with Gasteiger partial charge in [0.25, 0.3) is 5.91 Å². The van der Waals surface area contributed by atoms with Crippen LogP contribution in [-0.4, -0.2) is 50.3 Å². The van der Waals surface area contributed by atoms with Crippen LogP contribution in [0, 0.1) is 6.92 Å². The number of carbonyl (C=O) groups is 1. The summed E-state index contributed by atoms with van der Waals surface area (Å²) in [5, 5.41) is 4.25. The topological polar surface area (TPSA) is 73.1 Å². The van der Waals surface area contributed by atoms with Gasteiger partial charge in [-0.3, -0.25) is 9.48 Å². The van der Waals surface area contributed by atoms with Crippen LogP contribution in [0.15, 0.2) is 48.9 Å². The molecule has 0 radical (unpaired) electrons. The summed E-state index contributed by atoms with van der Waals surface area (Å²) in [4.78, 5) is 24.2. The SMILES string of the molecule is Cc1ncc2c(n1)C1(CCN(C(=O)c3cccc(Cn4cccn4)c3)CC1)OCC2. The number of amides is 1. The second kappa shape index (κ2) is 7.65. The molecule has 154 valence electrons. The number of piperidine rings is 1. The first kappa shape index (κ1) is 18.9. The molecule has 4 heterocycles. The minimum Gasteiger partial charge on any atom is -0.368 e. The van der Waals surface area contributed by atoms with Crippen LogP contribution >= 0.6 is 0 Å². The summed E-state index contributed by atoms with van der Waals surface area (Å²) >= 11 is 0. The van der Waals surface area contributed by atoms with E-state index in [4.69, 9.17) is 9.72 Å². The number of ether oxygens (including phenoxy) is 1.